The van der Waals surface area contributed by atoms with Gasteiger partial charge in [0.25, 0.3) is 10.0 Å². The number of aryl methyl sites for hydroxylation is 1. The molecule has 2 aromatic rings. The highest BCUT2D eigenvalue weighted by molar-refractivity contribution is 7.92. The highest BCUT2D eigenvalue weighted by Crippen LogP contribution is 2.36. The third-order valence-electron chi connectivity index (χ3n) is 5.27. The lowest BCUT2D eigenvalue weighted by atomic mass is 9.83. The Hall–Kier alpha value is -1.85. The molecule has 24 heavy (non-hydrogen) atoms. The van der Waals surface area contributed by atoms with Gasteiger partial charge in [0.05, 0.1) is 10.6 Å². The Morgan fingerprint density at radius 3 is 2.75 bits per heavy atom. The number of nitrogens with two attached hydrogens (primary N) is 1. The van der Waals surface area contributed by atoms with Crippen LogP contribution in [0.2, 0.25) is 0 Å². The molecule has 0 saturated carbocycles. The summed E-state index contributed by atoms with van der Waals surface area (Å²) in [4.78, 5) is 0.399. The van der Waals surface area contributed by atoms with Gasteiger partial charge in [-0.15, -0.1) is 0 Å². The minimum absolute atomic E-state index is 0.359. The van der Waals surface area contributed by atoms with E-state index < -0.39 is 10.0 Å². The fourth-order valence-electron chi connectivity index (χ4n) is 3.98. The highest BCUT2D eigenvalue weighted by Gasteiger charge is 2.31. The van der Waals surface area contributed by atoms with Crippen molar-refractivity contribution in [2.75, 3.05) is 17.4 Å². The van der Waals surface area contributed by atoms with Crippen molar-refractivity contribution in [3.8, 4) is 0 Å². The van der Waals surface area contributed by atoms with Gasteiger partial charge in [-0.2, -0.15) is 0 Å². The number of fused-ring (bicyclic) bond motifs is 2. The van der Waals surface area contributed by atoms with Gasteiger partial charge in [0.2, 0.25) is 0 Å². The van der Waals surface area contributed by atoms with Gasteiger partial charge in [0.15, 0.2) is 0 Å². The Morgan fingerprint density at radius 1 is 1.08 bits per heavy atom. The molecule has 0 aromatic heterocycles. The van der Waals surface area contributed by atoms with Crippen LogP contribution < -0.4 is 10.0 Å². The van der Waals surface area contributed by atoms with Crippen molar-refractivity contribution in [3.05, 3.63) is 59.2 Å². The zero-order valence-electron chi connectivity index (χ0n) is 13.6. The van der Waals surface area contributed by atoms with Crippen LogP contribution >= 0.6 is 0 Å². The Balaban J connectivity index is 1.74. The van der Waals surface area contributed by atoms with Gasteiger partial charge in [0.1, 0.15) is 0 Å². The second-order valence-corrected chi connectivity index (χ2v) is 8.50. The molecule has 0 fully saturated rings. The zero-order valence-corrected chi connectivity index (χ0v) is 14.4. The molecule has 0 spiro atoms. The first-order valence-corrected chi connectivity index (χ1v) is 9.99. The van der Waals surface area contributed by atoms with Crippen LogP contribution in [0.4, 0.5) is 5.69 Å². The SMILES string of the molecule is NCC1CCCc2cc(S(=O)(=O)N3CCc4ccccc43)ccc21. The summed E-state index contributed by atoms with van der Waals surface area (Å²) in [6.45, 7) is 1.14. The molecule has 4 nitrogen and oxygen atoms in total. The van der Waals surface area contributed by atoms with E-state index in [-0.39, 0.29) is 0 Å². The summed E-state index contributed by atoms with van der Waals surface area (Å²) >= 11 is 0. The summed E-state index contributed by atoms with van der Waals surface area (Å²) in [5.41, 5.74) is 10.2. The van der Waals surface area contributed by atoms with Gasteiger partial charge >= 0.3 is 0 Å². The van der Waals surface area contributed by atoms with E-state index >= 15 is 0 Å². The number of hydrogen-bond donors (Lipinski definition) is 1. The van der Waals surface area contributed by atoms with Gasteiger partial charge in [0, 0.05) is 6.54 Å². The Bertz CT molecular complexity index is 877. The standard InChI is InChI=1S/C19H22N2O2S/c20-13-16-6-3-5-15-12-17(8-9-18(15)16)24(22,23)21-11-10-14-4-1-2-7-19(14)21/h1-2,4,7-9,12,16H,3,5-6,10-11,13,20H2. The normalized spacial score (nSPS) is 19.9. The molecule has 4 rings (SSSR count). The summed E-state index contributed by atoms with van der Waals surface area (Å²) in [6.07, 6.45) is 3.88. The largest absolute Gasteiger partial charge is 0.330 e. The lowest BCUT2D eigenvalue weighted by Crippen LogP contribution is -2.29. The fourth-order valence-corrected chi connectivity index (χ4v) is 5.54. The number of nitrogens with zero attached hydrogens (tertiary/aromatic N) is 1. The second kappa shape index (κ2) is 5.90. The van der Waals surface area contributed by atoms with Gasteiger partial charge in [-0.25, -0.2) is 8.42 Å². The summed E-state index contributed by atoms with van der Waals surface area (Å²) in [5.74, 6) is 0.359. The minimum Gasteiger partial charge on any atom is -0.330 e. The maximum Gasteiger partial charge on any atom is 0.264 e. The van der Waals surface area contributed by atoms with Crippen LogP contribution in [0, 0.1) is 0 Å². The molecule has 2 aliphatic rings. The lowest BCUT2D eigenvalue weighted by Gasteiger charge is -2.26. The molecule has 5 heteroatoms. The first-order chi connectivity index (χ1) is 11.6. The van der Waals surface area contributed by atoms with Crippen LogP contribution in [-0.2, 0) is 22.9 Å². The van der Waals surface area contributed by atoms with Gasteiger partial charge < -0.3 is 5.73 Å². The van der Waals surface area contributed by atoms with Crippen molar-refractivity contribution in [1.29, 1.82) is 0 Å². The Morgan fingerprint density at radius 2 is 1.92 bits per heavy atom. The van der Waals surface area contributed by atoms with E-state index in [1.165, 1.54) is 5.56 Å². The number of benzene rings is 2. The average Bonchev–Trinajstić information content (AvgIpc) is 3.05. The molecule has 0 radical (unpaired) electrons. The van der Waals surface area contributed by atoms with E-state index in [9.17, 15) is 8.42 Å². The van der Waals surface area contributed by atoms with Crippen LogP contribution in [0.25, 0.3) is 0 Å². The summed E-state index contributed by atoms with van der Waals surface area (Å²) < 4.78 is 27.8. The van der Waals surface area contributed by atoms with Gasteiger partial charge in [-0.1, -0.05) is 24.3 Å². The van der Waals surface area contributed by atoms with Crippen molar-refractivity contribution >= 4 is 15.7 Å². The summed E-state index contributed by atoms with van der Waals surface area (Å²) in [7, 11) is -3.51. The number of sulfonamides is 1. The molecule has 2 N–H and O–H groups in total. The number of rotatable bonds is 3. The molecule has 1 atom stereocenters. The molecule has 126 valence electrons. The van der Waals surface area contributed by atoms with E-state index in [1.54, 1.807) is 10.4 Å². The van der Waals surface area contributed by atoms with Crippen LogP contribution in [0.5, 0.6) is 0 Å². The summed E-state index contributed by atoms with van der Waals surface area (Å²) in [6, 6.07) is 13.3. The molecule has 0 saturated heterocycles. The van der Waals surface area contributed by atoms with Crippen molar-refractivity contribution < 1.29 is 8.42 Å². The molecule has 2 aromatic carbocycles. The summed E-state index contributed by atoms with van der Waals surface area (Å²) in [5, 5.41) is 0. The predicted molar refractivity (Wildman–Crippen MR) is 95.9 cm³/mol. The van der Waals surface area contributed by atoms with Crippen LogP contribution in [-0.4, -0.2) is 21.5 Å². The van der Waals surface area contributed by atoms with Crippen molar-refractivity contribution in [3.63, 3.8) is 0 Å². The number of hydrogen-bond acceptors (Lipinski definition) is 3. The molecule has 1 heterocycles. The lowest BCUT2D eigenvalue weighted by molar-refractivity contribution is 0.558. The van der Waals surface area contributed by atoms with Crippen molar-refractivity contribution in [2.24, 2.45) is 5.73 Å². The second-order valence-electron chi connectivity index (χ2n) is 6.64. The van der Waals surface area contributed by atoms with Gasteiger partial charge in [-0.05, 0) is 73.0 Å². The van der Waals surface area contributed by atoms with E-state index in [1.807, 2.05) is 36.4 Å². The molecule has 0 amide bonds. The molecular weight excluding hydrogens is 320 g/mol. The average molecular weight is 342 g/mol. The topological polar surface area (TPSA) is 63.4 Å². The van der Waals surface area contributed by atoms with E-state index in [0.29, 0.717) is 23.9 Å². The zero-order chi connectivity index (χ0) is 16.7. The van der Waals surface area contributed by atoms with E-state index in [4.69, 9.17) is 5.73 Å². The number of para-hydroxylation sites is 1. The fraction of sp³-hybridized carbons (Fsp3) is 0.368. The van der Waals surface area contributed by atoms with Gasteiger partial charge in [-0.3, -0.25) is 4.31 Å². The first kappa shape index (κ1) is 15.7. The monoisotopic (exact) mass is 342 g/mol. The smallest absolute Gasteiger partial charge is 0.264 e. The molecule has 1 aliphatic carbocycles. The van der Waals surface area contributed by atoms with E-state index in [0.717, 1.165) is 42.5 Å². The first-order valence-electron chi connectivity index (χ1n) is 8.55. The van der Waals surface area contributed by atoms with Crippen molar-refractivity contribution in [2.45, 2.75) is 36.5 Å². The van der Waals surface area contributed by atoms with Crippen LogP contribution in [0.3, 0.4) is 0 Å². The molecule has 1 aliphatic heterocycles. The van der Waals surface area contributed by atoms with E-state index in [2.05, 4.69) is 0 Å². The molecule has 0 bridgehead atoms. The number of anilines is 1. The minimum atomic E-state index is -3.51. The molecule has 1 unspecified atom stereocenters. The third kappa shape index (κ3) is 2.43. The Kier molecular flexibility index (Phi) is 3.85. The van der Waals surface area contributed by atoms with Crippen LogP contribution in [0.15, 0.2) is 47.4 Å². The quantitative estimate of drug-likeness (QED) is 0.933. The molecular formula is C19H22N2O2S. The maximum atomic E-state index is 13.1. The third-order valence-corrected chi connectivity index (χ3v) is 7.08. The highest BCUT2D eigenvalue weighted by atomic mass is 32.2. The van der Waals surface area contributed by atoms with Crippen LogP contribution in [0.1, 0.15) is 35.4 Å². The predicted octanol–water partition coefficient (Wildman–Crippen LogP) is 2.82. The maximum absolute atomic E-state index is 13.1. The Labute approximate surface area is 143 Å². The van der Waals surface area contributed by atoms with Crippen molar-refractivity contribution in [1.82, 2.24) is 0 Å².